The second-order valence-electron chi connectivity index (χ2n) is 5.79. The molecular weight excluding hydrogens is 366 g/mol. The molecule has 0 aliphatic rings. The molecule has 0 radical (unpaired) electrons. The first kappa shape index (κ1) is 18.1. The lowest BCUT2D eigenvalue weighted by molar-refractivity contribution is -0.116. The number of hydrogen-bond donors (Lipinski definition) is 1. The standard InChI is InChI=1S/C20H16ClN3OS/c1-13-19(16-7-9-17(21)10-8-16)24-20(26-13)23-18(25)11-6-14-2-4-15(12-22)5-3-14/h2-5,7-10H,6,11H2,1H3,(H,23,24,25). The summed E-state index contributed by atoms with van der Waals surface area (Å²) in [4.78, 5) is 17.8. The fourth-order valence-electron chi connectivity index (χ4n) is 2.51. The number of anilines is 1. The number of nitriles is 1. The molecule has 2 aromatic carbocycles. The van der Waals surface area contributed by atoms with Crippen LogP contribution in [-0.4, -0.2) is 10.9 Å². The van der Waals surface area contributed by atoms with Crippen molar-refractivity contribution in [3.05, 3.63) is 69.6 Å². The quantitative estimate of drug-likeness (QED) is 0.659. The molecule has 1 aromatic heterocycles. The minimum Gasteiger partial charge on any atom is -0.302 e. The van der Waals surface area contributed by atoms with Crippen molar-refractivity contribution in [2.45, 2.75) is 19.8 Å². The third kappa shape index (κ3) is 4.48. The van der Waals surface area contributed by atoms with Gasteiger partial charge in [-0.15, -0.1) is 11.3 Å². The Balaban J connectivity index is 1.61. The summed E-state index contributed by atoms with van der Waals surface area (Å²) < 4.78 is 0. The Bertz CT molecular complexity index is 956. The van der Waals surface area contributed by atoms with Crippen LogP contribution in [0.1, 0.15) is 22.4 Å². The Morgan fingerprint density at radius 1 is 1.19 bits per heavy atom. The van der Waals surface area contributed by atoms with Crippen molar-refractivity contribution in [2.24, 2.45) is 0 Å². The SMILES string of the molecule is Cc1sc(NC(=O)CCc2ccc(C#N)cc2)nc1-c1ccc(Cl)cc1. The molecule has 1 N–H and O–H groups in total. The van der Waals surface area contributed by atoms with Gasteiger partial charge in [0.25, 0.3) is 0 Å². The van der Waals surface area contributed by atoms with E-state index in [9.17, 15) is 4.79 Å². The van der Waals surface area contributed by atoms with E-state index >= 15 is 0 Å². The van der Waals surface area contributed by atoms with E-state index in [1.807, 2.05) is 43.3 Å². The number of hydrogen-bond acceptors (Lipinski definition) is 4. The molecule has 0 aliphatic heterocycles. The average Bonchev–Trinajstić information content (AvgIpc) is 3.01. The van der Waals surface area contributed by atoms with Crippen LogP contribution in [0.2, 0.25) is 5.02 Å². The lowest BCUT2D eigenvalue weighted by atomic mass is 10.1. The van der Waals surface area contributed by atoms with E-state index in [0.29, 0.717) is 28.6 Å². The zero-order chi connectivity index (χ0) is 18.5. The molecule has 0 saturated heterocycles. The second-order valence-corrected chi connectivity index (χ2v) is 7.43. The van der Waals surface area contributed by atoms with Gasteiger partial charge in [-0.05, 0) is 43.2 Å². The predicted molar refractivity (Wildman–Crippen MR) is 105 cm³/mol. The minimum absolute atomic E-state index is 0.0780. The normalized spacial score (nSPS) is 10.3. The molecule has 0 spiro atoms. The Hall–Kier alpha value is -2.68. The van der Waals surface area contributed by atoms with Gasteiger partial charge >= 0.3 is 0 Å². The molecular formula is C20H16ClN3OS. The summed E-state index contributed by atoms with van der Waals surface area (Å²) in [5.41, 5.74) is 3.47. The van der Waals surface area contributed by atoms with E-state index < -0.39 is 0 Å². The van der Waals surface area contributed by atoms with Gasteiger partial charge in [-0.2, -0.15) is 5.26 Å². The Kier molecular flexibility index (Phi) is 5.67. The highest BCUT2D eigenvalue weighted by atomic mass is 35.5. The van der Waals surface area contributed by atoms with Gasteiger partial charge in [0.15, 0.2) is 5.13 Å². The fourth-order valence-corrected chi connectivity index (χ4v) is 3.49. The smallest absolute Gasteiger partial charge is 0.226 e. The van der Waals surface area contributed by atoms with Gasteiger partial charge in [-0.3, -0.25) is 4.79 Å². The number of aryl methyl sites for hydroxylation is 2. The number of carbonyl (C=O) groups is 1. The lowest BCUT2D eigenvalue weighted by Crippen LogP contribution is -2.12. The zero-order valence-corrected chi connectivity index (χ0v) is 15.7. The van der Waals surface area contributed by atoms with E-state index in [1.165, 1.54) is 11.3 Å². The van der Waals surface area contributed by atoms with Crippen LogP contribution in [0, 0.1) is 18.3 Å². The molecule has 0 saturated carbocycles. The highest BCUT2D eigenvalue weighted by Crippen LogP contribution is 2.31. The molecule has 3 rings (SSSR count). The first-order valence-electron chi connectivity index (χ1n) is 8.07. The van der Waals surface area contributed by atoms with Crippen LogP contribution in [0.15, 0.2) is 48.5 Å². The van der Waals surface area contributed by atoms with E-state index in [0.717, 1.165) is 21.7 Å². The van der Waals surface area contributed by atoms with Crippen LogP contribution < -0.4 is 5.32 Å². The monoisotopic (exact) mass is 381 g/mol. The first-order valence-corrected chi connectivity index (χ1v) is 9.27. The topological polar surface area (TPSA) is 65.8 Å². The summed E-state index contributed by atoms with van der Waals surface area (Å²) >= 11 is 7.38. The molecule has 1 amide bonds. The van der Waals surface area contributed by atoms with Crippen molar-refractivity contribution in [3.8, 4) is 17.3 Å². The van der Waals surface area contributed by atoms with Crippen molar-refractivity contribution >= 4 is 34.0 Å². The van der Waals surface area contributed by atoms with E-state index in [4.69, 9.17) is 16.9 Å². The van der Waals surface area contributed by atoms with Gasteiger partial charge < -0.3 is 5.32 Å². The highest BCUT2D eigenvalue weighted by molar-refractivity contribution is 7.16. The molecule has 3 aromatic rings. The van der Waals surface area contributed by atoms with Gasteiger partial charge in [0.2, 0.25) is 5.91 Å². The van der Waals surface area contributed by atoms with Crippen LogP contribution in [-0.2, 0) is 11.2 Å². The number of halogens is 1. The van der Waals surface area contributed by atoms with Crippen LogP contribution in [0.25, 0.3) is 11.3 Å². The third-order valence-corrected chi connectivity index (χ3v) is 5.02. The second kappa shape index (κ2) is 8.13. The molecule has 4 nitrogen and oxygen atoms in total. The maximum absolute atomic E-state index is 12.2. The van der Waals surface area contributed by atoms with Gasteiger partial charge in [0, 0.05) is 21.9 Å². The Morgan fingerprint density at radius 2 is 1.88 bits per heavy atom. The average molecular weight is 382 g/mol. The molecule has 6 heteroatoms. The molecule has 1 heterocycles. The molecule has 26 heavy (non-hydrogen) atoms. The first-order chi connectivity index (χ1) is 12.5. The van der Waals surface area contributed by atoms with Gasteiger partial charge in [-0.1, -0.05) is 35.9 Å². The van der Waals surface area contributed by atoms with E-state index in [1.54, 1.807) is 12.1 Å². The number of rotatable bonds is 5. The molecule has 130 valence electrons. The van der Waals surface area contributed by atoms with Crippen molar-refractivity contribution in [1.82, 2.24) is 4.98 Å². The van der Waals surface area contributed by atoms with Crippen molar-refractivity contribution in [3.63, 3.8) is 0 Å². The summed E-state index contributed by atoms with van der Waals surface area (Å²) in [5, 5.41) is 12.9. The van der Waals surface area contributed by atoms with Crippen molar-refractivity contribution < 1.29 is 4.79 Å². The third-order valence-electron chi connectivity index (χ3n) is 3.88. The summed E-state index contributed by atoms with van der Waals surface area (Å²) in [6, 6.07) is 16.8. The summed E-state index contributed by atoms with van der Waals surface area (Å²) in [5.74, 6) is -0.0780. The highest BCUT2D eigenvalue weighted by Gasteiger charge is 2.12. The minimum atomic E-state index is -0.0780. The number of aromatic nitrogens is 1. The number of thiazole rings is 1. The number of nitrogens with zero attached hydrogens (tertiary/aromatic N) is 2. The summed E-state index contributed by atoms with van der Waals surface area (Å²) in [7, 11) is 0. The predicted octanol–water partition coefficient (Wildman–Crippen LogP) is 5.21. The molecule has 0 fully saturated rings. The zero-order valence-electron chi connectivity index (χ0n) is 14.1. The molecule has 0 unspecified atom stereocenters. The van der Waals surface area contributed by atoms with Gasteiger partial charge in [0.05, 0.1) is 17.3 Å². The van der Waals surface area contributed by atoms with Crippen molar-refractivity contribution in [1.29, 1.82) is 5.26 Å². The van der Waals surface area contributed by atoms with Crippen LogP contribution in [0.4, 0.5) is 5.13 Å². The number of benzene rings is 2. The molecule has 0 atom stereocenters. The van der Waals surface area contributed by atoms with Crippen LogP contribution in [0.3, 0.4) is 0 Å². The Labute approximate surface area is 161 Å². The number of amides is 1. The summed E-state index contributed by atoms with van der Waals surface area (Å²) in [6.45, 7) is 1.98. The van der Waals surface area contributed by atoms with Gasteiger partial charge in [0.1, 0.15) is 0 Å². The molecule has 0 aliphatic carbocycles. The van der Waals surface area contributed by atoms with E-state index in [2.05, 4.69) is 16.4 Å². The fraction of sp³-hybridized carbons (Fsp3) is 0.150. The largest absolute Gasteiger partial charge is 0.302 e. The maximum atomic E-state index is 12.2. The summed E-state index contributed by atoms with van der Waals surface area (Å²) in [6.07, 6.45) is 0.979. The Morgan fingerprint density at radius 3 is 2.54 bits per heavy atom. The molecule has 0 bridgehead atoms. The van der Waals surface area contributed by atoms with E-state index in [-0.39, 0.29) is 5.91 Å². The van der Waals surface area contributed by atoms with Crippen LogP contribution >= 0.6 is 22.9 Å². The maximum Gasteiger partial charge on any atom is 0.226 e. The van der Waals surface area contributed by atoms with Gasteiger partial charge in [-0.25, -0.2) is 4.98 Å². The number of nitrogens with one attached hydrogen (secondary N) is 1. The lowest BCUT2D eigenvalue weighted by Gasteiger charge is -2.02. The number of carbonyl (C=O) groups excluding carboxylic acids is 1. The van der Waals surface area contributed by atoms with Crippen molar-refractivity contribution in [2.75, 3.05) is 5.32 Å². The van der Waals surface area contributed by atoms with Crippen LogP contribution in [0.5, 0.6) is 0 Å².